The van der Waals surface area contributed by atoms with Crippen molar-refractivity contribution in [3.05, 3.63) is 26.2 Å². The Morgan fingerprint density at radius 2 is 2.08 bits per heavy atom. The van der Waals surface area contributed by atoms with Crippen molar-refractivity contribution in [2.45, 2.75) is 4.90 Å². The molecule has 72 valence electrons. The second-order valence-corrected chi connectivity index (χ2v) is 6.22. The normalized spacial score (nSPS) is 11.6. The molecule has 3 nitrogen and oxygen atoms in total. The summed E-state index contributed by atoms with van der Waals surface area (Å²) in [5.41, 5.74) is 0. The molecule has 0 aliphatic carbocycles. The first-order valence-electron chi connectivity index (χ1n) is 3.36. The highest BCUT2D eigenvalue weighted by Crippen LogP contribution is 2.22. The fourth-order valence-corrected chi connectivity index (χ4v) is 3.34. The Bertz CT molecular complexity index is 419. The molecule has 1 aromatic carbocycles. The van der Waals surface area contributed by atoms with Crippen molar-refractivity contribution in [3.63, 3.8) is 0 Å². The van der Waals surface area contributed by atoms with E-state index in [0.717, 1.165) is 4.47 Å². The van der Waals surface area contributed by atoms with Crippen molar-refractivity contribution in [1.82, 2.24) is 4.72 Å². The fraction of sp³-hybridized carbons (Fsp3) is 0.143. The summed E-state index contributed by atoms with van der Waals surface area (Å²) in [5.74, 6) is 0. The summed E-state index contributed by atoms with van der Waals surface area (Å²) in [6.45, 7) is 0. The average Bonchev–Trinajstić information content (AvgIpc) is 2.09. The minimum absolute atomic E-state index is 0.296. The molecule has 0 aliphatic heterocycles. The molecule has 0 aliphatic rings. The van der Waals surface area contributed by atoms with Gasteiger partial charge in [0.25, 0.3) is 0 Å². The van der Waals surface area contributed by atoms with Crippen molar-refractivity contribution in [3.8, 4) is 0 Å². The molecule has 0 saturated carbocycles. The topological polar surface area (TPSA) is 46.2 Å². The number of benzene rings is 1. The summed E-state index contributed by atoms with van der Waals surface area (Å²) in [6, 6.07) is 5.12. The molecule has 0 aromatic heterocycles. The highest BCUT2D eigenvalue weighted by molar-refractivity contribution is 14.1. The van der Waals surface area contributed by atoms with Crippen LogP contribution in [0.15, 0.2) is 27.6 Å². The summed E-state index contributed by atoms with van der Waals surface area (Å²) < 4.78 is 26.6. The minimum atomic E-state index is -3.34. The van der Waals surface area contributed by atoms with Crippen LogP contribution in [-0.4, -0.2) is 15.5 Å². The van der Waals surface area contributed by atoms with E-state index in [1.165, 1.54) is 7.05 Å². The van der Waals surface area contributed by atoms with Gasteiger partial charge < -0.3 is 0 Å². The molecule has 0 heterocycles. The first-order chi connectivity index (χ1) is 5.97. The Morgan fingerprint density at radius 1 is 1.46 bits per heavy atom. The molecule has 0 atom stereocenters. The lowest BCUT2D eigenvalue weighted by atomic mass is 10.4. The maximum Gasteiger partial charge on any atom is 0.241 e. The van der Waals surface area contributed by atoms with Gasteiger partial charge in [-0.25, -0.2) is 13.1 Å². The van der Waals surface area contributed by atoms with Crippen LogP contribution in [0.2, 0.25) is 0 Å². The molecular formula is C7H7BrINO2S. The van der Waals surface area contributed by atoms with Crippen LogP contribution in [-0.2, 0) is 10.0 Å². The summed E-state index contributed by atoms with van der Waals surface area (Å²) in [4.78, 5) is 0.296. The van der Waals surface area contributed by atoms with Crippen molar-refractivity contribution < 1.29 is 8.42 Å². The lowest BCUT2D eigenvalue weighted by Crippen LogP contribution is -2.19. The maximum atomic E-state index is 11.4. The molecular weight excluding hydrogens is 369 g/mol. The van der Waals surface area contributed by atoms with Gasteiger partial charge in [-0.15, -0.1) is 0 Å². The summed E-state index contributed by atoms with van der Waals surface area (Å²) in [7, 11) is -1.94. The minimum Gasteiger partial charge on any atom is -0.214 e. The van der Waals surface area contributed by atoms with Crippen molar-refractivity contribution in [1.29, 1.82) is 0 Å². The van der Waals surface area contributed by atoms with E-state index in [4.69, 9.17) is 0 Å². The first kappa shape index (κ1) is 11.4. The second kappa shape index (κ2) is 4.24. The maximum absolute atomic E-state index is 11.4. The smallest absolute Gasteiger partial charge is 0.214 e. The highest BCUT2D eigenvalue weighted by atomic mass is 127. The van der Waals surface area contributed by atoms with Gasteiger partial charge in [0.15, 0.2) is 0 Å². The second-order valence-electron chi connectivity index (χ2n) is 2.28. The number of hydrogen-bond acceptors (Lipinski definition) is 2. The van der Waals surface area contributed by atoms with E-state index >= 15 is 0 Å². The van der Waals surface area contributed by atoms with E-state index in [1.54, 1.807) is 18.2 Å². The molecule has 1 aromatic rings. The van der Waals surface area contributed by atoms with Crippen LogP contribution < -0.4 is 4.72 Å². The largest absolute Gasteiger partial charge is 0.241 e. The third-order valence-corrected chi connectivity index (χ3v) is 4.71. The first-order valence-corrected chi connectivity index (χ1v) is 6.71. The molecule has 0 spiro atoms. The van der Waals surface area contributed by atoms with Gasteiger partial charge >= 0.3 is 0 Å². The number of hydrogen-bond donors (Lipinski definition) is 1. The van der Waals surface area contributed by atoms with E-state index in [0.29, 0.717) is 8.47 Å². The number of rotatable bonds is 2. The predicted molar refractivity (Wildman–Crippen MR) is 63.1 cm³/mol. The SMILES string of the molecule is CNS(=O)(=O)c1cc(Br)ccc1I. The van der Waals surface area contributed by atoms with E-state index in [1.807, 2.05) is 22.6 Å². The van der Waals surface area contributed by atoms with Crippen LogP contribution in [0.5, 0.6) is 0 Å². The Labute approximate surface area is 99.2 Å². The average molecular weight is 376 g/mol. The van der Waals surface area contributed by atoms with Crippen molar-refractivity contribution >= 4 is 48.5 Å². The van der Waals surface area contributed by atoms with Gasteiger partial charge in [-0.3, -0.25) is 0 Å². The Morgan fingerprint density at radius 3 is 2.62 bits per heavy atom. The van der Waals surface area contributed by atoms with Crippen LogP contribution in [0.4, 0.5) is 0 Å². The predicted octanol–water partition coefficient (Wildman–Crippen LogP) is 1.96. The monoisotopic (exact) mass is 375 g/mol. The van der Waals surface area contributed by atoms with Crippen LogP contribution in [0, 0.1) is 3.57 Å². The molecule has 0 unspecified atom stereocenters. The van der Waals surface area contributed by atoms with Gasteiger partial charge in [0.05, 0.1) is 4.90 Å². The molecule has 1 N–H and O–H groups in total. The van der Waals surface area contributed by atoms with Gasteiger partial charge in [0, 0.05) is 8.04 Å². The molecule has 0 amide bonds. The van der Waals surface area contributed by atoms with Crippen molar-refractivity contribution in [2.75, 3.05) is 7.05 Å². The lowest BCUT2D eigenvalue weighted by molar-refractivity contribution is 0.587. The third kappa shape index (κ3) is 2.64. The Hall–Kier alpha value is 0.340. The van der Waals surface area contributed by atoms with Gasteiger partial charge in [-0.1, -0.05) is 15.9 Å². The van der Waals surface area contributed by atoms with Gasteiger partial charge in [0.2, 0.25) is 10.0 Å². The van der Waals surface area contributed by atoms with Crippen LogP contribution in [0.3, 0.4) is 0 Å². The number of halogens is 2. The molecule has 1 rings (SSSR count). The Kier molecular flexibility index (Phi) is 3.73. The lowest BCUT2D eigenvalue weighted by Gasteiger charge is -2.04. The van der Waals surface area contributed by atoms with Crippen LogP contribution in [0.25, 0.3) is 0 Å². The molecule has 0 radical (unpaired) electrons. The zero-order valence-corrected chi connectivity index (χ0v) is 11.3. The third-order valence-electron chi connectivity index (χ3n) is 1.45. The molecule has 13 heavy (non-hydrogen) atoms. The van der Waals surface area contributed by atoms with Gasteiger partial charge in [-0.2, -0.15) is 0 Å². The van der Waals surface area contributed by atoms with Gasteiger partial charge in [0.1, 0.15) is 0 Å². The van der Waals surface area contributed by atoms with E-state index < -0.39 is 10.0 Å². The standard InChI is InChI=1S/C7H7BrINO2S/c1-10-13(11,12)7-4-5(8)2-3-6(7)9/h2-4,10H,1H3. The van der Waals surface area contributed by atoms with Gasteiger partial charge in [-0.05, 0) is 47.8 Å². The van der Waals surface area contributed by atoms with Crippen LogP contribution in [0.1, 0.15) is 0 Å². The highest BCUT2D eigenvalue weighted by Gasteiger charge is 2.15. The number of sulfonamides is 1. The van der Waals surface area contributed by atoms with E-state index in [9.17, 15) is 8.42 Å². The Balaban J connectivity index is 3.38. The van der Waals surface area contributed by atoms with Crippen LogP contribution >= 0.6 is 38.5 Å². The molecule has 0 fully saturated rings. The molecule has 0 bridgehead atoms. The van der Waals surface area contributed by atoms with Crippen molar-refractivity contribution in [2.24, 2.45) is 0 Å². The number of nitrogens with one attached hydrogen (secondary N) is 1. The zero-order chi connectivity index (χ0) is 10.1. The zero-order valence-electron chi connectivity index (χ0n) is 6.71. The summed E-state index contributed by atoms with van der Waals surface area (Å²) >= 11 is 5.21. The fourth-order valence-electron chi connectivity index (χ4n) is 0.793. The molecule has 0 saturated heterocycles. The van der Waals surface area contributed by atoms with E-state index in [2.05, 4.69) is 20.7 Å². The van der Waals surface area contributed by atoms with E-state index in [-0.39, 0.29) is 0 Å². The molecule has 6 heteroatoms. The quantitative estimate of drug-likeness (QED) is 0.803. The summed E-state index contributed by atoms with van der Waals surface area (Å²) in [6.07, 6.45) is 0. The summed E-state index contributed by atoms with van der Waals surface area (Å²) in [5, 5.41) is 0.